The molecule has 1 fully saturated rings. The van der Waals surface area contributed by atoms with E-state index < -0.39 is 0 Å². The van der Waals surface area contributed by atoms with Crippen molar-refractivity contribution in [3.05, 3.63) is 35.6 Å². The fourth-order valence-electron chi connectivity index (χ4n) is 1.63. The topological polar surface area (TPSA) is 41.1 Å². The van der Waals surface area contributed by atoms with Gasteiger partial charge in [-0.05, 0) is 37.0 Å². The number of amides is 1. The summed E-state index contributed by atoms with van der Waals surface area (Å²) in [6.45, 7) is 0.933. The van der Waals surface area contributed by atoms with E-state index in [-0.39, 0.29) is 11.7 Å². The third-order valence-corrected chi connectivity index (χ3v) is 2.75. The van der Waals surface area contributed by atoms with Gasteiger partial charge in [0.1, 0.15) is 5.82 Å². The lowest BCUT2D eigenvalue weighted by molar-refractivity contribution is -0.120. The summed E-state index contributed by atoms with van der Waals surface area (Å²) in [5, 5.41) is 5.95. The molecule has 0 unspecified atom stereocenters. The van der Waals surface area contributed by atoms with Crippen molar-refractivity contribution in [1.29, 1.82) is 0 Å². The Morgan fingerprint density at radius 3 is 2.94 bits per heavy atom. The van der Waals surface area contributed by atoms with Gasteiger partial charge in [0.05, 0.1) is 6.54 Å². The second-order valence-corrected chi connectivity index (χ2v) is 4.39. The van der Waals surface area contributed by atoms with Gasteiger partial charge in [-0.25, -0.2) is 4.39 Å². The summed E-state index contributed by atoms with van der Waals surface area (Å²) in [6.07, 6.45) is 3.01. The highest BCUT2D eigenvalue weighted by atomic mass is 19.1. The number of carbonyl (C=O) groups is 1. The zero-order valence-corrected chi connectivity index (χ0v) is 9.71. The van der Waals surface area contributed by atoms with E-state index in [4.69, 9.17) is 0 Å². The van der Waals surface area contributed by atoms with Crippen LogP contribution in [0.2, 0.25) is 0 Å². The van der Waals surface area contributed by atoms with Crippen molar-refractivity contribution < 1.29 is 9.18 Å². The molecule has 2 rings (SSSR count). The first kappa shape index (κ1) is 12.0. The quantitative estimate of drug-likeness (QED) is 0.780. The molecule has 0 spiro atoms. The molecule has 0 saturated heterocycles. The first-order valence-electron chi connectivity index (χ1n) is 5.98. The van der Waals surface area contributed by atoms with Gasteiger partial charge < -0.3 is 10.6 Å². The number of benzene rings is 1. The number of hydrogen-bond donors (Lipinski definition) is 2. The second-order valence-electron chi connectivity index (χ2n) is 4.39. The van der Waals surface area contributed by atoms with E-state index in [1.165, 1.54) is 25.0 Å². The Morgan fingerprint density at radius 2 is 2.24 bits per heavy atom. The summed E-state index contributed by atoms with van der Waals surface area (Å²) in [6, 6.07) is 7.00. The normalized spacial score (nSPS) is 14.6. The molecular weight excluding hydrogens is 219 g/mol. The molecule has 1 aromatic carbocycles. The van der Waals surface area contributed by atoms with E-state index in [1.54, 1.807) is 6.07 Å². The summed E-state index contributed by atoms with van der Waals surface area (Å²) < 4.78 is 12.9. The monoisotopic (exact) mass is 236 g/mol. The van der Waals surface area contributed by atoms with Gasteiger partial charge in [-0.3, -0.25) is 4.79 Å². The number of carbonyl (C=O) groups excluding carboxylic acids is 1. The lowest BCUT2D eigenvalue weighted by atomic mass is 10.1. The summed E-state index contributed by atoms with van der Waals surface area (Å²) in [5.74, 6) is -0.225. The van der Waals surface area contributed by atoms with Crippen LogP contribution in [0.25, 0.3) is 0 Å². The van der Waals surface area contributed by atoms with Crippen LogP contribution in [0.3, 0.4) is 0 Å². The van der Waals surface area contributed by atoms with Crippen LogP contribution in [0.15, 0.2) is 24.3 Å². The predicted octanol–water partition coefficient (Wildman–Crippen LogP) is 1.24. The summed E-state index contributed by atoms with van der Waals surface area (Å²) in [5.41, 5.74) is 0.903. The minimum Gasteiger partial charge on any atom is -0.355 e. The zero-order valence-electron chi connectivity index (χ0n) is 9.71. The summed E-state index contributed by atoms with van der Waals surface area (Å²) >= 11 is 0. The molecule has 1 saturated carbocycles. The number of hydrogen-bond acceptors (Lipinski definition) is 2. The minimum absolute atomic E-state index is 0.00769. The number of nitrogens with one attached hydrogen (secondary N) is 2. The smallest absolute Gasteiger partial charge is 0.233 e. The molecule has 2 N–H and O–H groups in total. The molecule has 0 atom stereocenters. The van der Waals surface area contributed by atoms with E-state index in [9.17, 15) is 9.18 Å². The maximum atomic E-state index is 12.9. The largest absolute Gasteiger partial charge is 0.355 e. The average Bonchev–Trinajstić information content (AvgIpc) is 3.10. The molecule has 0 bridgehead atoms. The van der Waals surface area contributed by atoms with Crippen molar-refractivity contribution >= 4 is 5.91 Å². The Morgan fingerprint density at radius 1 is 1.41 bits per heavy atom. The molecule has 4 heteroatoms. The van der Waals surface area contributed by atoms with Gasteiger partial charge in [-0.2, -0.15) is 0 Å². The van der Waals surface area contributed by atoms with Crippen LogP contribution in [0, 0.1) is 5.82 Å². The van der Waals surface area contributed by atoms with Crippen molar-refractivity contribution in [3.8, 4) is 0 Å². The fourth-order valence-corrected chi connectivity index (χ4v) is 1.63. The maximum absolute atomic E-state index is 12.9. The third kappa shape index (κ3) is 4.53. The molecule has 0 radical (unpaired) electrons. The molecular formula is C13H17FN2O. The van der Waals surface area contributed by atoms with Crippen molar-refractivity contribution in [2.24, 2.45) is 0 Å². The van der Waals surface area contributed by atoms with E-state index in [2.05, 4.69) is 10.6 Å². The molecule has 92 valence electrons. The molecule has 0 aliphatic heterocycles. The maximum Gasteiger partial charge on any atom is 0.233 e. The Balaban J connectivity index is 1.62. The van der Waals surface area contributed by atoms with Gasteiger partial charge in [-0.1, -0.05) is 12.1 Å². The van der Waals surface area contributed by atoms with Gasteiger partial charge in [0.25, 0.3) is 0 Å². The van der Waals surface area contributed by atoms with Crippen molar-refractivity contribution in [1.82, 2.24) is 10.6 Å². The van der Waals surface area contributed by atoms with Gasteiger partial charge in [0.2, 0.25) is 5.91 Å². The molecule has 1 aliphatic carbocycles. The Labute approximate surface area is 100 Å². The van der Waals surface area contributed by atoms with Gasteiger partial charge in [0, 0.05) is 12.6 Å². The van der Waals surface area contributed by atoms with Crippen LogP contribution in [0.1, 0.15) is 18.4 Å². The fraction of sp³-hybridized carbons (Fsp3) is 0.462. The van der Waals surface area contributed by atoms with Crippen LogP contribution in [-0.2, 0) is 11.2 Å². The molecule has 0 heterocycles. The van der Waals surface area contributed by atoms with Crippen LogP contribution in [-0.4, -0.2) is 25.0 Å². The van der Waals surface area contributed by atoms with Gasteiger partial charge in [0.15, 0.2) is 0 Å². The minimum atomic E-state index is -0.232. The van der Waals surface area contributed by atoms with Crippen LogP contribution in [0.4, 0.5) is 4.39 Å². The van der Waals surface area contributed by atoms with Crippen molar-refractivity contribution in [2.45, 2.75) is 25.3 Å². The zero-order chi connectivity index (χ0) is 12.1. The highest BCUT2D eigenvalue weighted by Gasteiger charge is 2.20. The lowest BCUT2D eigenvalue weighted by Gasteiger charge is -2.06. The standard InChI is InChI=1S/C13H17FN2O/c14-11-3-1-2-10(8-11)6-7-15-13(17)9-16-12-4-5-12/h1-3,8,12,16H,4-7,9H2,(H,15,17). The summed E-state index contributed by atoms with van der Waals surface area (Å²) in [4.78, 5) is 11.4. The molecule has 1 aromatic rings. The molecule has 3 nitrogen and oxygen atoms in total. The lowest BCUT2D eigenvalue weighted by Crippen LogP contribution is -2.35. The molecule has 0 aromatic heterocycles. The third-order valence-electron chi connectivity index (χ3n) is 2.75. The number of halogens is 1. The first-order chi connectivity index (χ1) is 8.24. The Bertz CT molecular complexity index is 391. The van der Waals surface area contributed by atoms with Crippen molar-refractivity contribution in [2.75, 3.05) is 13.1 Å². The van der Waals surface area contributed by atoms with E-state index >= 15 is 0 Å². The van der Waals surface area contributed by atoms with Gasteiger partial charge in [-0.15, -0.1) is 0 Å². The number of rotatable bonds is 6. The van der Waals surface area contributed by atoms with Crippen LogP contribution in [0.5, 0.6) is 0 Å². The second kappa shape index (κ2) is 5.77. The predicted molar refractivity (Wildman–Crippen MR) is 64.1 cm³/mol. The van der Waals surface area contributed by atoms with Gasteiger partial charge >= 0.3 is 0 Å². The molecule has 1 aliphatic rings. The Kier molecular flexibility index (Phi) is 4.09. The van der Waals surface area contributed by atoms with E-state index in [0.717, 1.165) is 5.56 Å². The van der Waals surface area contributed by atoms with E-state index in [0.29, 0.717) is 25.6 Å². The highest BCUT2D eigenvalue weighted by Crippen LogP contribution is 2.17. The Hall–Kier alpha value is -1.42. The van der Waals surface area contributed by atoms with Crippen molar-refractivity contribution in [3.63, 3.8) is 0 Å². The molecule has 17 heavy (non-hydrogen) atoms. The van der Waals surface area contributed by atoms with Crippen LogP contribution < -0.4 is 10.6 Å². The van der Waals surface area contributed by atoms with Crippen LogP contribution >= 0.6 is 0 Å². The highest BCUT2D eigenvalue weighted by molar-refractivity contribution is 5.78. The SMILES string of the molecule is O=C(CNC1CC1)NCCc1cccc(F)c1. The first-order valence-corrected chi connectivity index (χ1v) is 5.98. The average molecular weight is 236 g/mol. The summed E-state index contributed by atoms with van der Waals surface area (Å²) in [7, 11) is 0. The van der Waals surface area contributed by atoms with E-state index in [1.807, 2.05) is 6.07 Å². The molecule has 1 amide bonds.